The van der Waals surface area contributed by atoms with Crippen molar-refractivity contribution in [2.75, 3.05) is 29.9 Å². The average molecular weight is 423 g/mol. The Morgan fingerprint density at radius 3 is 2.65 bits per heavy atom. The number of nitriles is 1. The minimum absolute atomic E-state index is 0.171. The SMILES string of the molecule is Cc1ccc([N+](=O)[O-])cc1NC(=O)C(=O)NCC1CCN(c2nccnc2C#N)CC1. The minimum Gasteiger partial charge on any atom is -0.354 e. The number of hydrogen-bond donors (Lipinski definition) is 2. The van der Waals surface area contributed by atoms with Crippen molar-refractivity contribution in [1.82, 2.24) is 15.3 Å². The number of nitro benzene ring substituents is 1. The maximum Gasteiger partial charge on any atom is 0.313 e. The van der Waals surface area contributed by atoms with Gasteiger partial charge in [0, 0.05) is 44.2 Å². The van der Waals surface area contributed by atoms with Crippen molar-refractivity contribution in [3.05, 3.63) is 52.0 Å². The lowest BCUT2D eigenvalue weighted by molar-refractivity contribution is -0.384. The fourth-order valence-corrected chi connectivity index (χ4v) is 3.34. The molecule has 0 bridgehead atoms. The van der Waals surface area contributed by atoms with Crippen LogP contribution < -0.4 is 15.5 Å². The number of carbonyl (C=O) groups is 2. The van der Waals surface area contributed by atoms with Gasteiger partial charge in [-0.15, -0.1) is 0 Å². The zero-order valence-corrected chi connectivity index (χ0v) is 16.9. The second kappa shape index (κ2) is 9.62. The van der Waals surface area contributed by atoms with Gasteiger partial charge in [-0.05, 0) is 31.2 Å². The summed E-state index contributed by atoms with van der Waals surface area (Å²) in [4.78, 5) is 44.9. The highest BCUT2D eigenvalue weighted by atomic mass is 16.6. The summed E-state index contributed by atoms with van der Waals surface area (Å²) in [6.07, 6.45) is 4.54. The number of piperidine rings is 1. The number of carbonyl (C=O) groups excluding carboxylic acids is 2. The zero-order valence-electron chi connectivity index (χ0n) is 16.9. The van der Waals surface area contributed by atoms with Gasteiger partial charge < -0.3 is 15.5 Å². The monoisotopic (exact) mass is 423 g/mol. The van der Waals surface area contributed by atoms with Crippen LogP contribution in [0.25, 0.3) is 0 Å². The van der Waals surface area contributed by atoms with E-state index in [1.165, 1.54) is 24.4 Å². The Kier molecular flexibility index (Phi) is 6.71. The molecule has 0 spiro atoms. The molecule has 1 aromatic heterocycles. The molecule has 2 aromatic rings. The molecule has 0 aliphatic carbocycles. The minimum atomic E-state index is -0.876. The fraction of sp³-hybridized carbons (Fsp3) is 0.350. The normalized spacial score (nSPS) is 13.9. The van der Waals surface area contributed by atoms with Crippen LogP contribution in [-0.4, -0.2) is 46.3 Å². The van der Waals surface area contributed by atoms with Crippen molar-refractivity contribution < 1.29 is 14.5 Å². The average Bonchev–Trinajstić information content (AvgIpc) is 2.79. The van der Waals surface area contributed by atoms with Crippen LogP contribution in [0, 0.1) is 34.3 Å². The van der Waals surface area contributed by atoms with Crippen LogP contribution >= 0.6 is 0 Å². The van der Waals surface area contributed by atoms with Crippen molar-refractivity contribution in [2.24, 2.45) is 5.92 Å². The number of non-ortho nitro benzene ring substituents is 1. The van der Waals surface area contributed by atoms with Crippen molar-refractivity contribution in [2.45, 2.75) is 19.8 Å². The van der Waals surface area contributed by atoms with Gasteiger partial charge in [0.2, 0.25) is 0 Å². The maximum atomic E-state index is 12.2. The lowest BCUT2D eigenvalue weighted by atomic mass is 9.96. The molecule has 0 atom stereocenters. The van der Waals surface area contributed by atoms with E-state index in [1.807, 2.05) is 11.0 Å². The number of hydrogen-bond acceptors (Lipinski definition) is 8. The van der Waals surface area contributed by atoms with Gasteiger partial charge in [0.25, 0.3) is 5.69 Å². The van der Waals surface area contributed by atoms with Gasteiger partial charge >= 0.3 is 11.8 Å². The van der Waals surface area contributed by atoms with Crippen LogP contribution in [0.15, 0.2) is 30.6 Å². The summed E-state index contributed by atoms with van der Waals surface area (Å²) >= 11 is 0. The quantitative estimate of drug-likeness (QED) is 0.417. The molecule has 11 nitrogen and oxygen atoms in total. The third-order valence-corrected chi connectivity index (χ3v) is 5.14. The van der Waals surface area contributed by atoms with Crippen LogP contribution in [0.2, 0.25) is 0 Å². The Balaban J connectivity index is 1.49. The van der Waals surface area contributed by atoms with Gasteiger partial charge in [-0.25, -0.2) is 9.97 Å². The topological polar surface area (TPSA) is 154 Å². The van der Waals surface area contributed by atoms with E-state index in [2.05, 4.69) is 20.6 Å². The smallest absolute Gasteiger partial charge is 0.313 e. The summed E-state index contributed by atoms with van der Waals surface area (Å²) in [5, 5.41) is 25.1. The molecule has 1 aliphatic rings. The molecule has 1 fully saturated rings. The Labute approximate surface area is 178 Å². The summed E-state index contributed by atoms with van der Waals surface area (Å²) in [6, 6.07) is 6.10. The summed E-state index contributed by atoms with van der Waals surface area (Å²) in [7, 11) is 0. The van der Waals surface area contributed by atoms with E-state index in [4.69, 9.17) is 5.26 Å². The van der Waals surface area contributed by atoms with Crippen molar-refractivity contribution in [1.29, 1.82) is 5.26 Å². The Morgan fingerprint density at radius 1 is 1.26 bits per heavy atom. The molecule has 1 aliphatic heterocycles. The first-order valence-corrected chi connectivity index (χ1v) is 9.69. The summed E-state index contributed by atoms with van der Waals surface area (Å²) in [5.41, 5.74) is 0.942. The number of anilines is 2. The van der Waals surface area contributed by atoms with Gasteiger partial charge in [-0.2, -0.15) is 5.26 Å². The number of nitro groups is 1. The molecule has 160 valence electrons. The van der Waals surface area contributed by atoms with Gasteiger partial charge in [0.15, 0.2) is 11.5 Å². The first-order valence-electron chi connectivity index (χ1n) is 9.69. The maximum absolute atomic E-state index is 12.2. The lowest BCUT2D eigenvalue weighted by Gasteiger charge is -2.32. The second-order valence-electron chi connectivity index (χ2n) is 7.19. The number of aryl methyl sites for hydroxylation is 1. The van der Waals surface area contributed by atoms with Crippen LogP contribution in [-0.2, 0) is 9.59 Å². The first kappa shape index (κ1) is 21.6. The molecule has 1 aromatic carbocycles. The van der Waals surface area contributed by atoms with Crippen LogP contribution in [0.1, 0.15) is 24.1 Å². The lowest BCUT2D eigenvalue weighted by Crippen LogP contribution is -2.42. The van der Waals surface area contributed by atoms with E-state index in [1.54, 1.807) is 13.1 Å². The number of aromatic nitrogens is 2. The molecule has 0 saturated carbocycles. The van der Waals surface area contributed by atoms with Gasteiger partial charge in [0.05, 0.1) is 10.6 Å². The van der Waals surface area contributed by atoms with Crippen molar-refractivity contribution >= 4 is 29.0 Å². The highest BCUT2D eigenvalue weighted by Crippen LogP contribution is 2.23. The van der Waals surface area contributed by atoms with Gasteiger partial charge in [-0.3, -0.25) is 19.7 Å². The largest absolute Gasteiger partial charge is 0.354 e. The Morgan fingerprint density at radius 2 is 1.97 bits per heavy atom. The van der Waals surface area contributed by atoms with E-state index in [0.717, 1.165) is 12.8 Å². The third-order valence-electron chi connectivity index (χ3n) is 5.14. The van der Waals surface area contributed by atoms with Crippen molar-refractivity contribution in [3.63, 3.8) is 0 Å². The number of benzene rings is 1. The van der Waals surface area contributed by atoms with E-state index < -0.39 is 16.7 Å². The van der Waals surface area contributed by atoms with E-state index in [9.17, 15) is 19.7 Å². The number of nitrogens with zero attached hydrogens (tertiary/aromatic N) is 5. The molecule has 2 heterocycles. The fourth-order valence-electron chi connectivity index (χ4n) is 3.34. The molecule has 2 amide bonds. The van der Waals surface area contributed by atoms with E-state index in [-0.39, 0.29) is 23.0 Å². The number of nitrogens with one attached hydrogen (secondary N) is 2. The zero-order chi connectivity index (χ0) is 22.4. The highest BCUT2D eigenvalue weighted by molar-refractivity contribution is 6.39. The molecule has 0 radical (unpaired) electrons. The molecular formula is C20H21N7O4. The van der Waals surface area contributed by atoms with Crippen molar-refractivity contribution in [3.8, 4) is 6.07 Å². The van der Waals surface area contributed by atoms with E-state index in [0.29, 0.717) is 31.0 Å². The molecule has 0 unspecified atom stereocenters. The van der Waals surface area contributed by atoms with Gasteiger partial charge in [0.1, 0.15) is 6.07 Å². The standard InChI is InChI=1S/C20H21N7O4/c1-13-2-3-15(27(30)31)10-16(13)25-20(29)19(28)24-12-14-4-8-26(9-5-14)18-17(11-21)22-6-7-23-18/h2-3,6-7,10,14H,4-5,8-9,12H2,1H3,(H,24,28)(H,25,29). The predicted octanol–water partition coefficient (Wildman–Crippen LogP) is 1.54. The predicted molar refractivity (Wildman–Crippen MR) is 111 cm³/mol. The first-order chi connectivity index (χ1) is 14.9. The van der Waals surface area contributed by atoms with Crippen LogP contribution in [0.5, 0.6) is 0 Å². The summed E-state index contributed by atoms with van der Waals surface area (Å²) in [6.45, 7) is 3.33. The molecule has 31 heavy (non-hydrogen) atoms. The highest BCUT2D eigenvalue weighted by Gasteiger charge is 2.24. The molecule has 11 heteroatoms. The molecule has 2 N–H and O–H groups in total. The number of rotatable bonds is 5. The Bertz CT molecular complexity index is 1040. The summed E-state index contributed by atoms with van der Waals surface area (Å²) in [5.74, 6) is -0.942. The summed E-state index contributed by atoms with van der Waals surface area (Å²) < 4.78 is 0. The molecular weight excluding hydrogens is 402 g/mol. The molecule has 1 saturated heterocycles. The Hall–Kier alpha value is -4.07. The van der Waals surface area contributed by atoms with E-state index >= 15 is 0 Å². The van der Waals surface area contributed by atoms with Crippen LogP contribution in [0.3, 0.4) is 0 Å². The second-order valence-corrected chi connectivity index (χ2v) is 7.19. The molecule has 3 rings (SSSR count). The van der Waals surface area contributed by atoms with Gasteiger partial charge in [-0.1, -0.05) is 6.07 Å². The number of amides is 2. The third kappa shape index (κ3) is 5.30. The van der Waals surface area contributed by atoms with Crippen LogP contribution in [0.4, 0.5) is 17.2 Å².